The highest BCUT2D eigenvalue weighted by atomic mass is 16.5. The third kappa shape index (κ3) is 1.95. The molecule has 0 N–H and O–H groups in total. The first-order valence-electron chi connectivity index (χ1n) is 5.27. The monoisotopic (exact) mass is 248 g/mol. The fourth-order valence-corrected chi connectivity index (χ4v) is 1.69. The normalized spacial score (nSPS) is 10.4. The van der Waals surface area contributed by atoms with Gasteiger partial charge in [0, 0.05) is 17.0 Å². The van der Waals surface area contributed by atoms with Crippen molar-refractivity contribution in [2.45, 2.75) is 6.92 Å². The summed E-state index contributed by atoms with van der Waals surface area (Å²) in [6.07, 6.45) is 0. The fraction of sp³-hybridized carbons (Fsp3) is 0.231. The van der Waals surface area contributed by atoms with Gasteiger partial charge in [0.2, 0.25) is 0 Å². The number of hydrogen-bond donors (Lipinski definition) is 0. The van der Waals surface area contributed by atoms with Crippen molar-refractivity contribution in [1.82, 2.24) is 0 Å². The van der Waals surface area contributed by atoms with Gasteiger partial charge >= 0.3 is 11.6 Å². The number of ether oxygens (including phenoxy) is 2. The van der Waals surface area contributed by atoms with E-state index in [2.05, 4.69) is 4.74 Å². The smallest absolute Gasteiger partial charge is 0.341 e. The molecule has 0 unspecified atom stereocenters. The van der Waals surface area contributed by atoms with Crippen molar-refractivity contribution >= 4 is 16.9 Å². The highest BCUT2D eigenvalue weighted by Crippen LogP contribution is 2.26. The van der Waals surface area contributed by atoms with Crippen LogP contribution in [0.5, 0.6) is 5.75 Å². The molecule has 18 heavy (non-hydrogen) atoms. The zero-order valence-electron chi connectivity index (χ0n) is 10.3. The van der Waals surface area contributed by atoms with Crippen molar-refractivity contribution in [2.75, 3.05) is 14.2 Å². The van der Waals surface area contributed by atoms with E-state index in [1.807, 2.05) is 0 Å². The molecule has 0 radical (unpaired) electrons. The Bertz CT molecular complexity index is 669. The Morgan fingerprint density at radius 1 is 1.22 bits per heavy atom. The van der Waals surface area contributed by atoms with Crippen LogP contribution in [0.2, 0.25) is 0 Å². The quantitative estimate of drug-likeness (QED) is 0.599. The van der Waals surface area contributed by atoms with E-state index in [1.54, 1.807) is 19.1 Å². The molecule has 0 bridgehead atoms. The molecule has 0 aliphatic rings. The zero-order chi connectivity index (χ0) is 13.3. The number of methoxy groups -OCH3 is 2. The number of carbonyl (C=O) groups is 1. The number of benzene rings is 1. The molecule has 0 amide bonds. The Morgan fingerprint density at radius 3 is 2.56 bits per heavy atom. The van der Waals surface area contributed by atoms with E-state index in [-0.39, 0.29) is 0 Å². The molecule has 2 aromatic rings. The van der Waals surface area contributed by atoms with Crippen molar-refractivity contribution in [1.29, 1.82) is 0 Å². The van der Waals surface area contributed by atoms with Crippen molar-refractivity contribution in [3.05, 3.63) is 39.7 Å². The molecule has 94 valence electrons. The summed E-state index contributed by atoms with van der Waals surface area (Å²) in [5, 5.41) is 0.647. The Kier molecular flexibility index (Phi) is 3.06. The third-order valence-corrected chi connectivity index (χ3v) is 2.63. The molecule has 2 rings (SSSR count). The first-order chi connectivity index (χ1) is 8.56. The van der Waals surface area contributed by atoms with Gasteiger partial charge in [-0.1, -0.05) is 0 Å². The van der Waals surface area contributed by atoms with Crippen molar-refractivity contribution in [2.24, 2.45) is 0 Å². The summed E-state index contributed by atoms with van der Waals surface area (Å²) in [5.41, 5.74) is 0.731. The van der Waals surface area contributed by atoms with Crippen LogP contribution in [0.1, 0.15) is 15.9 Å². The van der Waals surface area contributed by atoms with Crippen LogP contribution in [0.4, 0.5) is 0 Å². The molecule has 5 heteroatoms. The van der Waals surface area contributed by atoms with E-state index >= 15 is 0 Å². The zero-order valence-corrected chi connectivity index (χ0v) is 10.3. The van der Waals surface area contributed by atoms with E-state index in [0.717, 1.165) is 0 Å². The Balaban J connectivity index is 2.77. The Labute approximate surface area is 103 Å². The fourth-order valence-electron chi connectivity index (χ4n) is 1.69. The van der Waals surface area contributed by atoms with E-state index in [4.69, 9.17) is 9.15 Å². The molecule has 0 spiro atoms. The largest absolute Gasteiger partial charge is 0.496 e. The lowest BCUT2D eigenvalue weighted by Gasteiger charge is -2.08. The van der Waals surface area contributed by atoms with E-state index in [1.165, 1.54) is 20.3 Å². The Hall–Kier alpha value is -2.30. The van der Waals surface area contributed by atoms with Gasteiger partial charge in [0.25, 0.3) is 0 Å². The summed E-state index contributed by atoms with van der Waals surface area (Å²) in [6, 6.07) is 4.74. The van der Waals surface area contributed by atoms with E-state index in [0.29, 0.717) is 27.8 Å². The van der Waals surface area contributed by atoms with Gasteiger partial charge in [-0.05, 0) is 19.1 Å². The van der Waals surface area contributed by atoms with Crippen LogP contribution >= 0.6 is 0 Å². The average molecular weight is 248 g/mol. The van der Waals surface area contributed by atoms with Gasteiger partial charge in [0.05, 0.1) is 14.2 Å². The van der Waals surface area contributed by atoms with Crippen LogP contribution in [-0.2, 0) is 4.74 Å². The summed E-state index contributed by atoms with van der Waals surface area (Å²) in [7, 11) is 2.72. The molecular weight excluding hydrogens is 236 g/mol. The standard InChI is InChI=1S/C13H12O5/c1-7-4-8-5-9(13(15)17-3)11(16-2)6-10(8)18-12(7)14/h4-6H,1-3H3. The number of fused-ring (bicyclic) bond motifs is 1. The molecule has 0 fully saturated rings. The molecular formula is C13H12O5. The third-order valence-electron chi connectivity index (χ3n) is 2.63. The molecule has 0 aliphatic carbocycles. The van der Waals surface area contributed by atoms with E-state index in [9.17, 15) is 9.59 Å². The van der Waals surface area contributed by atoms with Crippen LogP contribution in [0.3, 0.4) is 0 Å². The van der Waals surface area contributed by atoms with Gasteiger partial charge in [-0.3, -0.25) is 0 Å². The van der Waals surface area contributed by atoms with E-state index < -0.39 is 11.6 Å². The summed E-state index contributed by atoms with van der Waals surface area (Å²) >= 11 is 0. The summed E-state index contributed by atoms with van der Waals surface area (Å²) in [5.74, 6) is -0.195. The van der Waals surface area contributed by atoms with Crippen molar-refractivity contribution < 1.29 is 18.7 Å². The molecule has 0 aliphatic heterocycles. The first-order valence-corrected chi connectivity index (χ1v) is 5.27. The second-order valence-corrected chi connectivity index (χ2v) is 3.80. The van der Waals surface area contributed by atoms with Gasteiger partial charge in [0.15, 0.2) is 0 Å². The van der Waals surface area contributed by atoms with Gasteiger partial charge in [-0.25, -0.2) is 9.59 Å². The maximum atomic E-state index is 11.6. The molecule has 0 saturated heterocycles. The number of rotatable bonds is 2. The SMILES string of the molecule is COC(=O)c1cc2cc(C)c(=O)oc2cc1OC. The van der Waals surface area contributed by atoms with Crippen LogP contribution in [-0.4, -0.2) is 20.2 Å². The van der Waals surface area contributed by atoms with Crippen LogP contribution in [0.25, 0.3) is 11.0 Å². The predicted octanol–water partition coefficient (Wildman–Crippen LogP) is 1.90. The molecule has 0 saturated carbocycles. The number of esters is 1. The van der Waals surface area contributed by atoms with Crippen LogP contribution < -0.4 is 10.4 Å². The molecule has 1 aromatic heterocycles. The number of aryl methyl sites for hydroxylation is 1. The van der Waals surface area contributed by atoms with Gasteiger partial charge < -0.3 is 13.9 Å². The maximum Gasteiger partial charge on any atom is 0.341 e. The summed E-state index contributed by atoms with van der Waals surface area (Å²) in [6.45, 7) is 1.65. The van der Waals surface area contributed by atoms with Gasteiger partial charge in [-0.15, -0.1) is 0 Å². The van der Waals surface area contributed by atoms with Crippen LogP contribution in [0, 0.1) is 6.92 Å². The minimum absolute atomic E-state index is 0.292. The lowest BCUT2D eigenvalue weighted by atomic mass is 10.1. The van der Waals surface area contributed by atoms with Gasteiger partial charge in [-0.2, -0.15) is 0 Å². The minimum Gasteiger partial charge on any atom is -0.496 e. The van der Waals surface area contributed by atoms with Crippen molar-refractivity contribution in [3.8, 4) is 5.75 Å². The molecule has 0 atom stereocenters. The topological polar surface area (TPSA) is 65.7 Å². The molecule has 1 heterocycles. The highest BCUT2D eigenvalue weighted by molar-refractivity contribution is 5.97. The lowest BCUT2D eigenvalue weighted by molar-refractivity contribution is 0.0597. The lowest BCUT2D eigenvalue weighted by Crippen LogP contribution is -2.06. The minimum atomic E-state index is -0.502. The summed E-state index contributed by atoms with van der Waals surface area (Å²) in [4.78, 5) is 23.0. The number of carbonyl (C=O) groups excluding carboxylic acids is 1. The molecule has 5 nitrogen and oxygen atoms in total. The van der Waals surface area contributed by atoms with Gasteiger partial charge in [0.1, 0.15) is 16.9 Å². The van der Waals surface area contributed by atoms with Crippen LogP contribution in [0.15, 0.2) is 27.4 Å². The Morgan fingerprint density at radius 2 is 1.94 bits per heavy atom. The van der Waals surface area contributed by atoms with Crippen molar-refractivity contribution in [3.63, 3.8) is 0 Å². The second-order valence-electron chi connectivity index (χ2n) is 3.80. The predicted molar refractivity (Wildman–Crippen MR) is 65.1 cm³/mol. The maximum absolute atomic E-state index is 11.6. The summed E-state index contributed by atoms with van der Waals surface area (Å²) < 4.78 is 14.9. The first kappa shape index (κ1) is 12.2. The molecule has 1 aromatic carbocycles. The highest BCUT2D eigenvalue weighted by Gasteiger charge is 2.15. The second kappa shape index (κ2) is 4.52. The average Bonchev–Trinajstić information content (AvgIpc) is 2.38. The number of hydrogen-bond acceptors (Lipinski definition) is 5.